The second-order valence-electron chi connectivity index (χ2n) is 15.8. The standard InChI is InChI=1S/C59H36OS/c1-3-4-19-40-36(2)55(43-21-8-9-22-44(43)56(40)37-17-6-5-7-18-37)39-30-32-41-49-27-16-28-50(59(49)60-52(41)35-39)58-47-25-12-10-23-45(47)57(46-24-11-13-26-48(46)58)38-31-33-54-51(34-38)42-20-14-15-29-53(42)61-54/h1,4-35H,2H3/b19-4-. The van der Waals surface area contributed by atoms with Crippen molar-refractivity contribution in [3.63, 3.8) is 0 Å². The number of fused-ring (bicyclic) bond motifs is 9. The van der Waals surface area contributed by atoms with Crippen LogP contribution in [-0.4, -0.2) is 0 Å². The number of allylic oxidation sites excluding steroid dienone is 1. The van der Waals surface area contributed by atoms with E-state index in [4.69, 9.17) is 10.8 Å². The molecule has 0 N–H and O–H groups in total. The molecule has 2 aromatic heterocycles. The lowest BCUT2D eigenvalue weighted by Gasteiger charge is -2.20. The maximum absolute atomic E-state index is 7.09. The van der Waals surface area contributed by atoms with Gasteiger partial charge >= 0.3 is 0 Å². The lowest BCUT2D eigenvalue weighted by Crippen LogP contribution is -1.96. The average Bonchev–Trinajstić information content (AvgIpc) is 3.88. The molecule has 0 saturated carbocycles. The summed E-state index contributed by atoms with van der Waals surface area (Å²) in [4.78, 5) is 0. The normalized spacial score (nSPS) is 11.9. The molecule has 2 heterocycles. The molecule has 12 rings (SSSR count). The van der Waals surface area contributed by atoms with Crippen LogP contribution in [0.15, 0.2) is 192 Å². The van der Waals surface area contributed by atoms with Gasteiger partial charge in [0.25, 0.3) is 0 Å². The SMILES string of the molecule is C#C/C=C\c1c(C)c(-c2ccc3c(c2)oc2c(-c4c5ccccc5c(-c5ccc6sc7ccccc7c6c5)c5ccccc45)cccc23)c2ccccc2c1-c1ccccc1. The van der Waals surface area contributed by atoms with Gasteiger partial charge in [-0.1, -0.05) is 158 Å². The molecule has 12 aromatic rings. The van der Waals surface area contributed by atoms with Gasteiger partial charge in [0.2, 0.25) is 0 Å². The molecule has 1 nitrogen and oxygen atoms in total. The zero-order chi connectivity index (χ0) is 40.6. The highest BCUT2D eigenvalue weighted by molar-refractivity contribution is 7.25. The van der Waals surface area contributed by atoms with Crippen LogP contribution in [-0.2, 0) is 0 Å². The number of hydrogen-bond acceptors (Lipinski definition) is 2. The number of hydrogen-bond donors (Lipinski definition) is 0. The van der Waals surface area contributed by atoms with E-state index < -0.39 is 0 Å². The second kappa shape index (κ2) is 14.0. The van der Waals surface area contributed by atoms with Crippen molar-refractivity contribution in [2.45, 2.75) is 6.92 Å². The molecule has 0 aliphatic heterocycles. The van der Waals surface area contributed by atoms with Gasteiger partial charge in [0.05, 0.1) is 0 Å². The first kappa shape index (κ1) is 35.3. The van der Waals surface area contributed by atoms with E-state index in [2.05, 4.69) is 201 Å². The van der Waals surface area contributed by atoms with Crippen LogP contribution in [0.4, 0.5) is 0 Å². The number of terminal acetylenes is 1. The summed E-state index contributed by atoms with van der Waals surface area (Å²) in [5.74, 6) is 2.74. The average molecular weight is 793 g/mol. The first-order chi connectivity index (χ1) is 30.2. The van der Waals surface area contributed by atoms with Crippen LogP contribution in [0.1, 0.15) is 11.1 Å². The third-order valence-electron chi connectivity index (χ3n) is 12.6. The summed E-state index contributed by atoms with van der Waals surface area (Å²) in [6, 6.07) is 66.1. The highest BCUT2D eigenvalue weighted by atomic mass is 32.1. The molecule has 0 aliphatic rings. The van der Waals surface area contributed by atoms with E-state index in [0.29, 0.717) is 0 Å². The monoisotopic (exact) mass is 792 g/mol. The molecular weight excluding hydrogens is 757 g/mol. The van der Waals surface area contributed by atoms with Crippen LogP contribution in [0.2, 0.25) is 0 Å². The predicted octanol–water partition coefficient (Wildman–Crippen LogP) is 17.0. The van der Waals surface area contributed by atoms with E-state index in [9.17, 15) is 0 Å². The van der Waals surface area contributed by atoms with Gasteiger partial charge in [-0.05, 0) is 126 Å². The molecule has 0 amide bonds. The first-order valence-electron chi connectivity index (χ1n) is 20.7. The molecule has 0 unspecified atom stereocenters. The number of para-hydroxylation sites is 1. The largest absolute Gasteiger partial charge is 0.455 e. The van der Waals surface area contributed by atoms with E-state index in [0.717, 1.165) is 44.2 Å². The molecule has 0 fully saturated rings. The number of furan rings is 1. The predicted molar refractivity (Wildman–Crippen MR) is 263 cm³/mol. The Bertz CT molecular complexity index is 3780. The van der Waals surface area contributed by atoms with Gasteiger partial charge in [-0.25, -0.2) is 0 Å². The summed E-state index contributed by atoms with van der Waals surface area (Å²) < 4.78 is 9.72. The lowest BCUT2D eigenvalue weighted by atomic mass is 9.84. The highest BCUT2D eigenvalue weighted by Gasteiger charge is 2.23. The molecule has 61 heavy (non-hydrogen) atoms. The maximum Gasteiger partial charge on any atom is 0.143 e. The Kier molecular flexibility index (Phi) is 8.07. The quantitative estimate of drug-likeness (QED) is 0.125. The summed E-state index contributed by atoms with van der Waals surface area (Å²) in [6.07, 6.45) is 9.70. The smallest absolute Gasteiger partial charge is 0.143 e. The van der Waals surface area contributed by atoms with Crippen molar-refractivity contribution < 1.29 is 4.42 Å². The summed E-state index contributed by atoms with van der Waals surface area (Å²) in [7, 11) is 0. The molecule has 10 aromatic carbocycles. The van der Waals surface area contributed by atoms with Crippen molar-refractivity contribution >= 4 is 91.8 Å². The minimum absolute atomic E-state index is 0.859. The fraction of sp³-hybridized carbons (Fsp3) is 0.0169. The number of thiophene rings is 1. The molecule has 2 heteroatoms. The Hall–Kier alpha value is -7.70. The lowest BCUT2D eigenvalue weighted by molar-refractivity contribution is 0.670. The van der Waals surface area contributed by atoms with E-state index >= 15 is 0 Å². The van der Waals surface area contributed by atoms with Crippen LogP contribution >= 0.6 is 11.3 Å². The number of benzene rings is 10. The van der Waals surface area contributed by atoms with Gasteiger partial charge in [0, 0.05) is 42.1 Å². The first-order valence-corrected chi connectivity index (χ1v) is 21.5. The van der Waals surface area contributed by atoms with Crippen LogP contribution in [0.3, 0.4) is 0 Å². The molecule has 0 saturated heterocycles. The van der Waals surface area contributed by atoms with Crippen molar-refractivity contribution in [1.29, 1.82) is 0 Å². The van der Waals surface area contributed by atoms with Gasteiger partial charge in [-0.3, -0.25) is 0 Å². The molecule has 0 bridgehead atoms. The van der Waals surface area contributed by atoms with Crippen LogP contribution in [0.25, 0.3) is 125 Å². The minimum Gasteiger partial charge on any atom is -0.455 e. The summed E-state index contributed by atoms with van der Waals surface area (Å²) >= 11 is 1.86. The van der Waals surface area contributed by atoms with Crippen molar-refractivity contribution in [3.8, 4) is 56.9 Å². The van der Waals surface area contributed by atoms with Gasteiger partial charge in [-0.2, -0.15) is 0 Å². The van der Waals surface area contributed by atoms with E-state index in [-0.39, 0.29) is 0 Å². The van der Waals surface area contributed by atoms with Crippen molar-refractivity contribution in [3.05, 3.63) is 199 Å². The molecule has 0 aliphatic carbocycles. The van der Waals surface area contributed by atoms with Crippen molar-refractivity contribution in [1.82, 2.24) is 0 Å². The molecule has 0 radical (unpaired) electrons. The second-order valence-corrected chi connectivity index (χ2v) is 16.9. The van der Waals surface area contributed by atoms with Crippen LogP contribution in [0, 0.1) is 19.3 Å². The third-order valence-corrected chi connectivity index (χ3v) is 13.7. The van der Waals surface area contributed by atoms with Gasteiger partial charge < -0.3 is 4.42 Å². The molecular formula is C59H36OS. The fourth-order valence-electron chi connectivity index (χ4n) is 9.98. The zero-order valence-corrected chi connectivity index (χ0v) is 34.2. The Balaban J connectivity index is 1.08. The fourth-order valence-corrected chi connectivity index (χ4v) is 11.1. The summed E-state index contributed by atoms with van der Waals surface area (Å²) in [5.41, 5.74) is 13.4. The molecule has 0 spiro atoms. The third kappa shape index (κ3) is 5.42. The van der Waals surface area contributed by atoms with Gasteiger partial charge in [0.15, 0.2) is 0 Å². The zero-order valence-electron chi connectivity index (χ0n) is 33.4. The van der Waals surface area contributed by atoms with Crippen molar-refractivity contribution in [2.75, 3.05) is 0 Å². The highest BCUT2D eigenvalue weighted by Crippen LogP contribution is 2.49. The molecule has 284 valence electrons. The topological polar surface area (TPSA) is 13.1 Å². The Morgan fingerprint density at radius 2 is 1.00 bits per heavy atom. The van der Waals surface area contributed by atoms with Crippen LogP contribution in [0.5, 0.6) is 0 Å². The van der Waals surface area contributed by atoms with Gasteiger partial charge in [-0.15, -0.1) is 17.8 Å². The molecule has 0 atom stereocenters. The maximum atomic E-state index is 7.09. The minimum atomic E-state index is 0.859. The number of rotatable bonds is 5. The van der Waals surface area contributed by atoms with E-state index in [1.54, 1.807) is 6.08 Å². The Labute approximate surface area is 357 Å². The van der Waals surface area contributed by atoms with Gasteiger partial charge in [0.1, 0.15) is 11.2 Å². The van der Waals surface area contributed by atoms with Crippen molar-refractivity contribution in [2.24, 2.45) is 0 Å². The summed E-state index contributed by atoms with van der Waals surface area (Å²) in [6.45, 7) is 2.21. The Morgan fingerprint density at radius 1 is 0.443 bits per heavy atom. The summed E-state index contributed by atoms with van der Waals surface area (Å²) in [5, 5.41) is 12.0. The Morgan fingerprint density at radius 3 is 1.70 bits per heavy atom. The van der Waals surface area contributed by atoms with Crippen LogP contribution < -0.4 is 0 Å². The van der Waals surface area contributed by atoms with E-state index in [1.807, 2.05) is 11.3 Å². The van der Waals surface area contributed by atoms with E-state index in [1.165, 1.54) is 85.9 Å².